The van der Waals surface area contributed by atoms with Gasteiger partial charge in [0.25, 0.3) is 0 Å². The summed E-state index contributed by atoms with van der Waals surface area (Å²) in [5.74, 6) is 0.514. The van der Waals surface area contributed by atoms with Crippen LogP contribution in [0.5, 0.6) is 5.75 Å². The Bertz CT molecular complexity index is 671. The van der Waals surface area contributed by atoms with Gasteiger partial charge in [0, 0.05) is 23.5 Å². The summed E-state index contributed by atoms with van der Waals surface area (Å²) in [6.45, 7) is 1.62. The molecule has 0 aliphatic carbocycles. The van der Waals surface area contributed by atoms with E-state index in [1.165, 1.54) is 5.56 Å². The monoisotopic (exact) mass is 330 g/mol. The molecule has 23 heavy (non-hydrogen) atoms. The van der Waals surface area contributed by atoms with Gasteiger partial charge >= 0.3 is 0 Å². The van der Waals surface area contributed by atoms with E-state index < -0.39 is 5.91 Å². The molecule has 0 radical (unpaired) electrons. The van der Waals surface area contributed by atoms with Gasteiger partial charge in [0.1, 0.15) is 5.75 Å². The van der Waals surface area contributed by atoms with Crippen molar-refractivity contribution in [1.29, 1.82) is 0 Å². The highest BCUT2D eigenvalue weighted by Gasteiger charge is 2.07. The zero-order valence-corrected chi connectivity index (χ0v) is 14.5. The number of nitrogens with two attached hydrogens (primary N) is 1. The third-order valence-corrected chi connectivity index (χ3v) is 4.37. The first kappa shape index (κ1) is 17.4. The van der Waals surface area contributed by atoms with Crippen LogP contribution in [0, 0.1) is 0 Å². The summed E-state index contributed by atoms with van der Waals surface area (Å²) < 4.78 is 5.43. The lowest BCUT2D eigenvalue weighted by Crippen LogP contribution is -2.17. The molecular formula is C18H22N2O2S. The number of hydrogen-bond acceptors (Lipinski definition) is 4. The molecular weight excluding hydrogens is 308 g/mol. The van der Waals surface area contributed by atoms with E-state index in [4.69, 9.17) is 10.5 Å². The molecule has 4 nitrogen and oxygen atoms in total. The van der Waals surface area contributed by atoms with E-state index in [1.54, 1.807) is 31.0 Å². The molecule has 2 rings (SSSR count). The van der Waals surface area contributed by atoms with E-state index in [2.05, 4.69) is 30.1 Å². The Morgan fingerprint density at radius 2 is 1.74 bits per heavy atom. The standard InChI is InChI=1S/C18H22N2O2S/c1-20(11-13-4-7-15(8-5-13)18(19)21)12-14-6-9-17(23-3)16(10-14)22-2/h4-10H,11-12H2,1-3H3,(H2,19,21). The Morgan fingerprint density at radius 3 is 2.30 bits per heavy atom. The van der Waals surface area contributed by atoms with Crippen molar-refractivity contribution in [2.45, 2.75) is 18.0 Å². The average Bonchev–Trinajstić information content (AvgIpc) is 2.55. The van der Waals surface area contributed by atoms with Crippen LogP contribution in [0.4, 0.5) is 0 Å². The Morgan fingerprint density at radius 1 is 1.13 bits per heavy atom. The van der Waals surface area contributed by atoms with Gasteiger partial charge in [-0.05, 0) is 48.7 Å². The number of rotatable bonds is 7. The van der Waals surface area contributed by atoms with Crippen molar-refractivity contribution >= 4 is 17.7 Å². The molecule has 0 fully saturated rings. The Hall–Kier alpha value is -1.98. The van der Waals surface area contributed by atoms with Crippen LogP contribution in [0.2, 0.25) is 0 Å². The second-order valence-electron chi connectivity index (χ2n) is 5.42. The van der Waals surface area contributed by atoms with Crippen LogP contribution in [-0.2, 0) is 13.1 Å². The van der Waals surface area contributed by atoms with E-state index in [-0.39, 0.29) is 0 Å². The highest BCUT2D eigenvalue weighted by Crippen LogP contribution is 2.28. The first-order valence-electron chi connectivity index (χ1n) is 7.31. The topological polar surface area (TPSA) is 55.6 Å². The molecule has 0 aliphatic heterocycles. The van der Waals surface area contributed by atoms with Crippen molar-refractivity contribution in [3.8, 4) is 5.75 Å². The minimum Gasteiger partial charge on any atom is -0.496 e. The van der Waals surface area contributed by atoms with Gasteiger partial charge in [0.05, 0.1) is 7.11 Å². The van der Waals surface area contributed by atoms with Gasteiger partial charge in [0.2, 0.25) is 5.91 Å². The van der Waals surface area contributed by atoms with Crippen LogP contribution >= 0.6 is 11.8 Å². The molecule has 0 heterocycles. The molecule has 2 N–H and O–H groups in total. The Balaban J connectivity index is 2.01. The van der Waals surface area contributed by atoms with Crippen molar-refractivity contribution in [3.63, 3.8) is 0 Å². The van der Waals surface area contributed by atoms with Crippen LogP contribution in [0.15, 0.2) is 47.4 Å². The summed E-state index contributed by atoms with van der Waals surface area (Å²) in [4.78, 5) is 14.4. The smallest absolute Gasteiger partial charge is 0.248 e. The van der Waals surface area contributed by atoms with Crippen molar-refractivity contribution in [3.05, 3.63) is 59.2 Å². The molecule has 0 spiro atoms. The highest BCUT2D eigenvalue weighted by atomic mass is 32.2. The Labute approximate surface area is 141 Å². The van der Waals surface area contributed by atoms with Gasteiger partial charge in [-0.25, -0.2) is 0 Å². The first-order valence-corrected chi connectivity index (χ1v) is 8.54. The number of carbonyl (C=O) groups excluding carboxylic acids is 1. The lowest BCUT2D eigenvalue weighted by atomic mass is 10.1. The zero-order valence-electron chi connectivity index (χ0n) is 13.7. The number of primary amides is 1. The minimum atomic E-state index is -0.397. The predicted octanol–water partition coefficient (Wildman–Crippen LogP) is 3.15. The normalized spacial score (nSPS) is 10.8. The molecule has 2 aromatic carbocycles. The van der Waals surface area contributed by atoms with Crippen molar-refractivity contribution in [2.24, 2.45) is 5.73 Å². The number of ether oxygens (including phenoxy) is 1. The maximum absolute atomic E-state index is 11.1. The summed E-state index contributed by atoms with van der Waals surface area (Å²) in [6.07, 6.45) is 2.04. The third kappa shape index (κ3) is 4.74. The van der Waals surface area contributed by atoms with Crippen molar-refractivity contribution < 1.29 is 9.53 Å². The number of carbonyl (C=O) groups is 1. The van der Waals surface area contributed by atoms with Crippen LogP contribution in [-0.4, -0.2) is 31.2 Å². The molecule has 0 saturated heterocycles. The minimum absolute atomic E-state index is 0.397. The molecule has 0 bridgehead atoms. The summed E-state index contributed by atoms with van der Waals surface area (Å²) in [6, 6.07) is 13.7. The quantitative estimate of drug-likeness (QED) is 0.792. The van der Waals surface area contributed by atoms with Gasteiger partial charge in [-0.15, -0.1) is 11.8 Å². The fourth-order valence-corrected chi connectivity index (χ4v) is 2.98. The second-order valence-corrected chi connectivity index (χ2v) is 6.27. The Kier molecular flexibility index (Phi) is 6.07. The van der Waals surface area contributed by atoms with E-state index >= 15 is 0 Å². The van der Waals surface area contributed by atoms with E-state index in [1.807, 2.05) is 18.4 Å². The molecule has 5 heteroatoms. The van der Waals surface area contributed by atoms with E-state index in [0.29, 0.717) is 5.56 Å². The van der Waals surface area contributed by atoms with Crippen molar-refractivity contribution in [1.82, 2.24) is 4.90 Å². The van der Waals surface area contributed by atoms with Crippen LogP contribution in [0.1, 0.15) is 21.5 Å². The lowest BCUT2D eigenvalue weighted by Gasteiger charge is -2.18. The molecule has 0 aromatic heterocycles. The zero-order chi connectivity index (χ0) is 16.8. The van der Waals surface area contributed by atoms with Crippen LogP contribution in [0.3, 0.4) is 0 Å². The molecule has 0 unspecified atom stereocenters. The van der Waals surface area contributed by atoms with Gasteiger partial charge < -0.3 is 10.5 Å². The fraction of sp³-hybridized carbons (Fsp3) is 0.278. The number of hydrogen-bond donors (Lipinski definition) is 1. The molecule has 0 saturated carbocycles. The lowest BCUT2D eigenvalue weighted by molar-refractivity contribution is 0.100. The molecule has 2 aromatic rings. The van der Waals surface area contributed by atoms with Gasteiger partial charge in [-0.1, -0.05) is 18.2 Å². The predicted molar refractivity (Wildman–Crippen MR) is 94.9 cm³/mol. The SMILES string of the molecule is COc1cc(CN(C)Cc2ccc(C(N)=O)cc2)ccc1SC. The number of methoxy groups -OCH3 is 1. The largest absolute Gasteiger partial charge is 0.496 e. The summed E-state index contributed by atoms with van der Waals surface area (Å²) >= 11 is 1.68. The second kappa shape index (κ2) is 8.04. The summed E-state index contributed by atoms with van der Waals surface area (Å²) in [5, 5.41) is 0. The average molecular weight is 330 g/mol. The third-order valence-electron chi connectivity index (χ3n) is 3.59. The van der Waals surface area contributed by atoms with Gasteiger partial charge in [-0.2, -0.15) is 0 Å². The van der Waals surface area contributed by atoms with E-state index in [9.17, 15) is 4.79 Å². The highest BCUT2D eigenvalue weighted by molar-refractivity contribution is 7.98. The summed E-state index contributed by atoms with van der Waals surface area (Å²) in [5.41, 5.74) is 8.14. The van der Waals surface area contributed by atoms with Crippen molar-refractivity contribution in [2.75, 3.05) is 20.4 Å². The van der Waals surface area contributed by atoms with Crippen LogP contribution in [0.25, 0.3) is 0 Å². The van der Waals surface area contributed by atoms with Gasteiger partial charge in [-0.3, -0.25) is 9.69 Å². The maximum atomic E-state index is 11.1. The molecule has 122 valence electrons. The maximum Gasteiger partial charge on any atom is 0.248 e. The molecule has 0 atom stereocenters. The fourth-order valence-electron chi connectivity index (χ4n) is 2.43. The molecule has 1 amide bonds. The number of amides is 1. The number of nitrogens with zero attached hydrogens (tertiary/aromatic N) is 1. The van der Waals surface area contributed by atoms with Crippen LogP contribution < -0.4 is 10.5 Å². The molecule has 0 aliphatic rings. The van der Waals surface area contributed by atoms with E-state index in [0.717, 1.165) is 29.3 Å². The first-order chi connectivity index (χ1) is 11.0. The van der Waals surface area contributed by atoms with Gasteiger partial charge in [0.15, 0.2) is 0 Å². The number of thioether (sulfide) groups is 1. The number of benzene rings is 2. The summed E-state index contributed by atoms with van der Waals surface area (Å²) in [7, 11) is 3.76.